The van der Waals surface area contributed by atoms with E-state index >= 15 is 0 Å². The highest BCUT2D eigenvalue weighted by Crippen LogP contribution is 2.32. The molecule has 2 unspecified atom stereocenters. The minimum Gasteiger partial charge on any atom is -0.431 e. The topological polar surface area (TPSA) is 68.3 Å². The summed E-state index contributed by atoms with van der Waals surface area (Å²) in [6.45, 7) is 3.95. The predicted molar refractivity (Wildman–Crippen MR) is 161 cm³/mol. The van der Waals surface area contributed by atoms with Crippen LogP contribution in [0.2, 0.25) is 5.02 Å². The summed E-state index contributed by atoms with van der Waals surface area (Å²) in [4.78, 5) is 31.0. The molecule has 1 heterocycles. The summed E-state index contributed by atoms with van der Waals surface area (Å²) in [5.74, 6) is -1.16. The van der Waals surface area contributed by atoms with Crippen LogP contribution in [0.5, 0.6) is 0 Å². The molecule has 8 heteroatoms. The molecule has 1 aromatic heterocycles. The van der Waals surface area contributed by atoms with Gasteiger partial charge in [0.2, 0.25) is 6.36 Å². The number of fused-ring (bicyclic) bond motifs is 1. The Kier molecular flexibility index (Phi) is 10.3. The smallest absolute Gasteiger partial charge is 0.308 e. The fourth-order valence-corrected chi connectivity index (χ4v) is 5.41. The first-order chi connectivity index (χ1) is 19.3. The largest absolute Gasteiger partial charge is 0.431 e. The second-order valence-corrected chi connectivity index (χ2v) is 11.0. The Balaban J connectivity index is 1.62. The van der Waals surface area contributed by atoms with Gasteiger partial charge in [0.05, 0.1) is 16.8 Å². The Hall–Kier alpha value is -3.29. The van der Waals surface area contributed by atoms with Crippen LogP contribution in [-0.4, -0.2) is 29.8 Å². The molecule has 0 aliphatic rings. The molecule has 0 spiro atoms. The van der Waals surface area contributed by atoms with E-state index in [1.54, 1.807) is 6.07 Å². The van der Waals surface area contributed by atoms with Crippen LogP contribution < -0.4 is 5.32 Å². The summed E-state index contributed by atoms with van der Waals surface area (Å²) in [6.07, 6.45) is -0.543. The average molecular weight is 626 g/mol. The Labute approximate surface area is 247 Å². The third kappa shape index (κ3) is 7.26. The van der Waals surface area contributed by atoms with E-state index in [-0.39, 0.29) is 31.2 Å². The molecule has 208 valence electrons. The number of alkyl halides is 1. The van der Waals surface area contributed by atoms with Gasteiger partial charge >= 0.3 is 5.97 Å². The molecule has 3 aromatic carbocycles. The van der Waals surface area contributed by atoms with Crippen LogP contribution in [0.1, 0.15) is 60.0 Å². The van der Waals surface area contributed by atoms with Crippen molar-refractivity contribution >= 4 is 50.3 Å². The molecule has 0 aliphatic heterocycles. The fourth-order valence-electron chi connectivity index (χ4n) is 4.76. The number of nitrogens with zero attached hydrogens (tertiary/aromatic N) is 1. The van der Waals surface area contributed by atoms with Crippen LogP contribution in [0.3, 0.4) is 0 Å². The lowest BCUT2D eigenvalue weighted by Crippen LogP contribution is -2.30. The molecule has 4 rings (SSSR count). The van der Waals surface area contributed by atoms with Gasteiger partial charge in [0, 0.05) is 45.7 Å². The molecule has 5 nitrogen and oxygen atoms in total. The van der Waals surface area contributed by atoms with Crippen LogP contribution in [-0.2, 0) is 9.53 Å². The Morgan fingerprint density at radius 2 is 1.77 bits per heavy atom. The van der Waals surface area contributed by atoms with E-state index in [9.17, 15) is 14.0 Å². The van der Waals surface area contributed by atoms with E-state index in [1.807, 2.05) is 80.6 Å². The van der Waals surface area contributed by atoms with E-state index in [1.165, 1.54) is 0 Å². The standard InChI is InChI=1S/C32H31BrClFN2O3/c1-3-9-28(35)40-29(38)17-14-22(24-12-7-8-13-26(24)34)19-36-32(39)30-20(2)31(21-10-5-4-6-11-21)37-27-16-15-23(33)18-25(27)30/h4-8,10-13,15-16,18,22,28H,3,9,14,17,19H2,1-2H3,(H,36,39). The van der Waals surface area contributed by atoms with Gasteiger partial charge in [-0.05, 0) is 55.2 Å². The normalized spacial score (nSPS) is 12.6. The molecular formula is C32H31BrClFN2O3. The Morgan fingerprint density at radius 1 is 1.05 bits per heavy atom. The summed E-state index contributed by atoms with van der Waals surface area (Å²) in [7, 11) is 0. The van der Waals surface area contributed by atoms with Crippen molar-refractivity contribution in [3.05, 3.63) is 99.0 Å². The number of hydrogen-bond acceptors (Lipinski definition) is 4. The Bertz CT molecular complexity index is 1500. The van der Waals surface area contributed by atoms with Crippen molar-refractivity contribution < 1.29 is 18.7 Å². The van der Waals surface area contributed by atoms with Crippen LogP contribution in [0.15, 0.2) is 77.3 Å². The number of hydrogen-bond donors (Lipinski definition) is 1. The highest BCUT2D eigenvalue weighted by atomic mass is 79.9. The molecule has 0 radical (unpaired) electrons. The SMILES string of the molecule is CCCC(F)OC(=O)CCC(CNC(=O)c1c(C)c(-c2ccccc2)nc2ccc(Br)cc12)c1ccccc1Cl. The molecule has 40 heavy (non-hydrogen) atoms. The van der Waals surface area contributed by atoms with Crippen LogP contribution >= 0.6 is 27.5 Å². The molecule has 0 fully saturated rings. The number of aromatic nitrogens is 1. The van der Waals surface area contributed by atoms with E-state index in [0.29, 0.717) is 28.9 Å². The lowest BCUT2D eigenvalue weighted by Gasteiger charge is -2.21. The first-order valence-corrected chi connectivity index (χ1v) is 14.5. The molecule has 2 atom stereocenters. The molecule has 0 aliphatic carbocycles. The molecule has 1 amide bonds. The number of pyridine rings is 1. The van der Waals surface area contributed by atoms with Gasteiger partial charge in [-0.2, -0.15) is 0 Å². The minimum atomic E-state index is -1.61. The molecule has 0 bridgehead atoms. The van der Waals surface area contributed by atoms with Crippen LogP contribution in [0, 0.1) is 6.92 Å². The van der Waals surface area contributed by atoms with Gasteiger partial charge in [-0.25, -0.2) is 9.37 Å². The van der Waals surface area contributed by atoms with Crippen LogP contribution in [0.4, 0.5) is 4.39 Å². The molecule has 0 saturated heterocycles. The number of benzene rings is 3. The van der Waals surface area contributed by atoms with Gasteiger partial charge in [-0.15, -0.1) is 0 Å². The Morgan fingerprint density at radius 3 is 2.50 bits per heavy atom. The maximum absolute atomic E-state index is 13.8. The number of amides is 1. The number of rotatable bonds is 11. The molecule has 0 saturated carbocycles. The van der Waals surface area contributed by atoms with Gasteiger partial charge in [0.25, 0.3) is 5.91 Å². The van der Waals surface area contributed by atoms with Crippen molar-refractivity contribution in [2.75, 3.05) is 6.54 Å². The van der Waals surface area contributed by atoms with Crippen LogP contribution in [0.25, 0.3) is 22.2 Å². The van der Waals surface area contributed by atoms with Crippen molar-refractivity contribution in [1.29, 1.82) is 0 Å². The van der Waals surface area contributed by atoms with Gasteiger partial charge in [-0.1, -0.05) is 83.0 Å². The van der Waals surface area contributed by atoms with Crippen molar-refractivity contribution in [3.8, 4) is 11.3 Å². The lowest BCUT2D eigenvalue weighted by atomic mass is 9.93. The predicted octanol–water partition coefficient (Wildman–Crippen LogP) is 8.56. The molecular weight excluding hydrogens is 595 g/mol. The zero-order chi connectivity index (χ0) is 28.6. The third-order valence-corrected chi connectivity index (χ3v) is 7.63. The first kappa shape index (κ1) is 29.7. The average Bonchev–Trinajstić information content (AvgIpc) is 2.94. The van der Waals surface area contributed by atoms with E-state index < -0.39 is 12.3 Å². The van der Waals surface area contributed by atoms with E-state index in [2.05, 4.69) is 21.2 Å². The zero-order valence-corrected chi connectivity index (χ0v) is 24.8. The summed E-state index contributed by atoms with van der Waals surface area (Å²) >= 11 is 10.0. The van der Waals surface area contributed by atoms with Gasteiger partial charge in [0.1, 0.15) is 0 Å². The monoisotopic (exact) mass is 624 g/mol. The quantitative estimate of drug-likeness (QED) is 0.170. The van der Waals surface area contributed by atoms with Crippen molar-refractivity contribution in [2.45, 2.75) is 51.8 Å². The highest BCUT2D eigenvalue weighted by molar-refractivity contribution is 9.10. The van der Waals surface area contributed by atoms with Crippen molar-refractivity contribution in [1.82, 2.24) is 10.3 Å². The lowest BCUT2D eigenvalue weighted by molar-refractivity contribution is -0.158. The minimum absolute atomic E-state index is 0.00177. The van der Waals surface area contributed by atoms with Gasteiger partial charge in [-0.3, -0.25) is 9.59 Å². The second kappa shape index (κ2) is 13.9. The number of ether oxygens (including phenoxy) is 1. The summed E-state index contributed by atoms with van der Waals surface area (Å²) in [6, 6.07) is 22.8. The number of nitrogens with one attached hydrogen (secondary N) is 1. The summed E-state index contributed by atoms with van der Waals surface area (Å²) in [5.41, 5.74) is 4.45. The maximum Gasteiger partial charge on any atom is 0.308 e. The van der Waals surface area contributed by atoms with Gasteiger partial charge in [0.15, 0.2) is 0 Å². The number of halogens is 3. The maximum atomic E-state index is 13.8. The van der Waals surface area contributed by atoms with Gasteiger partial charge < -0.3 is 10.1 Å². The number of esters is 1. The third-order valence-electron chi connectivity index (χ3n) is 6.79. The zero-order valence-electron chi connectivity index (χ0n) is 22.4. The second-order valence-electron chi connectivity index (χ2n) is 9.64. The number of carbonyl (C=O) groups excluding carboxylic acids is 2. The number of carbonyl (C=O) groups is 2. The molecule has 4 aromatic rings. The van der Waals surface area contributed by atoms with Crippen molar-refractivity contribution in [3.63, 3.8) is 0 Å². The first-order valence-electron chi connectivity index (χ1n) is 13.3. The summed E-state index contributed by atoms with van der Waals surface area (Å²) in [5, 5.41) is 4.34. The van der Waals surface area contributed by atoms with E-state index in [0.717, 1.165) is 32.2 Å². The summed E-state index contributed by atoms with van der Waals surface area (Å²) < 4.78 is 19.6. The highest BCUT2D eigenvalue weighted by Gasteiger charge is 2.23. The van der Waals surface area contributed by atoms with Crippen molar-refractivity contribution in [2.24, 2.45) is 0 Å². The fraction of sp³-hybridized carbons (Fsp3) is 0.281. The van der Waals surface area contributed by atoms with E-state index in [4.69, 9.17) is 21.3 Å². The molecule has 1 N–H and O–H groups in total.